The summed E-state index contributed by atoms with van der Waals surface area (Å²) in [5.41, 5.74) is 2.36. The quantitative estimate of drug-likeness (QED) is 0.857. The zero-order chi connectivity index (χ0) is 11.8. The van der Waals surface area contributed by atoms with Crippen molar-refractivity contribution in [2.45, 2.75) is 25.3 Å². The molecule has 0 aliphatic carbocycles. The van der Waals surface area contributed by atoms with Crippen molar-refractivity contribution in [2.75, 3.05) is 18.0 Å². The van der Waals surface area contributed by atoms with Crippen LogP contribution in [0.3, 0.4) is 0 Å². The second-order valence-electron chi connectivity index (χ2n) is 4.66. The molecule has 1 atom stereocenters. The predicted octanol–water partition coefficient (Wildman–Crippen LogP) is 2.51. The number of carbonyl (C=O) groups excluding carboxylic acids is 1. The van der Waals surface area contributed by atoms with Crippen LogP contribution >= 0.6 is 28.3 Å². The molecule has 1 fully saturated rings. The summed E-state index contributed by atoms with van der Waals surface area (Å²) in [6, 6.07) is 6.23. The summed E-state index contributed by atoms with van der Waals surface area (Å²) in [6.45, 7) is 1.79. The fraction of sp³-hybridized carbons (Fsp3) is 0.462. The molecule has 0 spiro atoms. The van der Waals surface area contributed by atoms with Crippen molar-refractivity contribution >= 4 is 39.9 Å². The third-order valence-corrected chi connectivity index (χ3v) is 4.06. The monoisotopic (exact) mass is 330 g/mol. The summed E-state index contributed by atoms with van der Waals surface area (Å²) in [5.74, 6) is 0.236. The molecule has 98 valence electrons. The third kappa shape index (κ3) is 2.42. The molecule has 1 unspecified atom stereocenters. The van der Waals surface area contributed by atoms with Crippen LogP contribution in [0.2, 0.25) is 0 Å². The summed E-state index contributed by atoms with van der Waals surface area (Å²) in [4.78, 5) is 14.3. The van der Waals surface area contributed by atoms with Gasteiger partial charge in [-0.2, -0.15) is 0 Å². The smallest absolute Gasteiger partial charge is 0.244 e. The van der Waals surface area contributed by atoms with Gasteiger partial charge in [0.2, 0.25) is 5.91 Å². The van der Waals surface area contributed by atoms with Crippen LogP contribution in [0, 0.1) is 0 Å². The lowest BCUT2D eigenvalue weighted by molar-refractivity contribution is -0.120. The number of benzene rings is 1. The van der Waals surface area contributed by atoms with Crippen molar-refractivity contribution in [1.82, 2.24) is 5.32 Å². The Kier molecular flexibility index (Phi) is 4.30. The van der Waals surface area contributed by atoms with Gasteiger partial charge in [-0.15, -0.1) is 12.4 Å². The fourth-order valence-electron chi connectivity index (χ4n) is 2.66. The van der Waals surface area contributed by atoms with Crippen LogP contribution in [0.1, 0.15) is 18.4 Å². The first-order valence-electron chi connectivity index (χ1n) is 6.09. The van der Waals surface area contributed by atoms with Crippen molar-refractivity contribution in [2.24, 2.45) is 0 Å². The molecule has 1 N–H and O–H groups in total. The standard InChI is InChI=1S/C13H15BrN2O.ClH/c14-10-4-3-9-5-7-16(12(9)8-10)13(17)11-2-1-6-15-11;/h3-4,8,11,15H,1-2,5-7H2;1H. The van der Waals surface area contributed by atoms with Crippen molar-refractivity contribution in [3.8, 4) is 0 Å². The number of nitrogens with zero attached hydrogens (tertiary/aromatic N) is 1. The lowest BCUT2D eigenvalue weighted by atomic mass is 10.1. The van der Waals surface area contributed by atoms with E-state index in [1.165, 1.54) is 5.56 Å². The molecule has 2 aliphatic heterocycles. The van der Waals surface area contributed by atoms with E-state index in [9.17, 15) is 4.79 Å². The molecule has 0 bridgehead atoms. The summed E-state index contributed by atoms with van der Waals surface area (Å²) >= 11 is 3.47. The first-order valence-corrected chi connectivity index (χ1v) is 6.88. The molecule has 18 heavy (non-hydrogen) atoms. The van der Waals surface area contributed by atoms with Gasteiger partial charge < -0.3 is 10.2 Å². The van der Waals surface area contributed by atoms with Crippen LogP contribution in [0.5, 0.6) is 0 Å². The predicted molar refractivity (Wildman–Crippen MR) is 78.5 cm³/mol. The van der Waals surface area contributed by atoms with Gasteiger partial charge in [0.15, 0.2) is 0 Å². The lowest BCUT2D eigenvalue weighted by Crippen LogP contribution is -2.42. The Bertz CT molecular complexity index is 460. The van der Waals surface area contributed by atoms with Crippen LogP contribution in [0.15, 0.2) is 22.7 Å². The molecule has 5 heteroatoms. The maximum atomic E-state index is 12.4. The molecule has 1 aromatic rings. The van der Waals surface area contributed by atoms with Gasteiger partial charge in [-0.1, -0.05) is 22.0 Å². The molecular formula is C13H16BrClN2O. The number of rotatable bonds is 1. The average Bonchev–Trinajstić information content (AvgIpc) is 2.97. The van der Waals surface area contributed by atoms with E-state index in [1.807, 2.05) is 11.0 Å². The van der Waals surface area contributed by atoms with Crippen LogP contribution in [-0.2, 0) is 11.2 Å². The summed E-state index contributed by atoms with van der Waals surface area (Å²) in [6.07, 6.45) is 3.05. The lowest BCUT2D eigenvalue weighted by Gasteiger charge is -2.21. The fourth-order valence-corrected chi connectivity index (χ4v) is 3.01. The van der Waals surface area contributed by atoms with Crippen molar-refractivity contribution in [3.63, 3.8) is 0 Å². The van der Waals surface area contributed by atoms with Crippen LogP contribution < -0.4 is 10.2 Å². The molecule has 3 rings (SSSR count). The van der Waals surface area contributed by atoms with Crippen molar-refractivity contribution < 1.29 is 4.79 Å². The van der Waals surface area contributed by atoms with E-state index in [0.717, 1.165) is 42.5 Å². The second kappa shape index (κ2) is 5.59. The SMILES string of the molecule is Cl.O=C(C1CCCN1)N1CCc2ccc(Br)cc21. The Morgan fingerprint density at radius 2 is 2.28 bits per heavy atom. The van der Waals surface area contributed by atoms with Gasteiger partial charge in [-0.3, -0.25) is 4.79 Å². The van der Waals surface area contributed by atoms with E-state index in [0.29, 0.717) is 0 Å². The molecule has 2 heterocycles. The number of amides is 1. The summed E-state index contributed by atoms with van der Waals surface area (Å²) in [5, 5.41) is 3.28. The molecule has 0 saturated carbocycles. The molecule has 1 amide bonds. The van der Waals surface area contributed by atoms with E-state index in [-0.39, 0.29) is 24.4 Å². The first-order chi connectivity index (χ1) is 8.25. The van der Waals surface area contributed by atoms with Crippen molar-refractivity contribution in [3.05, 3.63) is 28.2 Å². The highest BCUT2D eigenvalue weighted by Crippen LogP contribution is 2.31. The Balaban J connectivity index is 0.00000120. The van der Waals surface area contributed by atoms with Gasteiger partial charge in [0.05, 0.1) is 6.04 Å². The largest absolute Gasteiger partial charge is 0.310 e. The van der Waals surface area contributed by atoms with E-state index >= 15 is 0 Å². The zero-order valence-electron chi connectivity index (χ0n) is 9.99. The Hall–Kier alpha value is -0.580. The van der Waals surface area contributed by atoms with Gasteiger partial charge in [0.25, 0.3) is 0 Å². The Labute approximate surface area is 121 Å². The maximum absolute atomic E-state index is 12.4. The summed E-state index contributed by atoms with van der Waals surface area (Å²) in [7, 11) is 0. The van der Waals surface area contributed by atoms with Crippen LogP contribution in [-0.4, -0.2) is 25.0 Å². The molecule has 0 radical (unpaired) electrons. The van der Waals surface area contributed by atoms with E-state index in [2.05, 4.69) is 33.4 Å². The Morgan fingerprint density at radius 3 is 3.00 bits per heavy atom. The number of halogens is 2. The number of hydrogen-bond donors (Lipinski definition) is 1. The van der Waals surface area contributed by atoms with Gasteiger partial charge in [-0.05, 0) is 43.5 Å². The van der Waals surface area contributed by atoms with Crippen LogP contribution in [0.25, 0.3) is 0 Å². The highest BCUT2D eigenvalue weighted by atomic mass is 79.9. The molecule has 1 aromatic carbocycles. The highest BCUT2D eigenvalue weighted by molar-refractivity contribution is 9.10. The minimum Gasteiger partial charge on any atom is -0.310 e. The average molecular weight is 332 g/mol. The Morgan fingerprint density at radius 1 is 1.44 bits per heavy atom. The minimum absolute atomic E-state index is 0. The number of hydrogen-bond acceptors (Lipinski definition) is 2. The van der Waals surface area contributed by atoms with E-state index in [4.69, 9.17) is 0 Å². The molecule has 2 aliphatic rings. The third-order valence-electron chi connectivity index (χ3n) is 3.57. The molecule has 3 nitrogen and oxygen atoms in total. The molecule has 0 aromatic heterocycles. The van der Waals surface area contributed by atoms with Gasteiger partial charge >= 0.3 is 0 Å². The zero-order valence-corrected chi connectivity index (χ0v) is 12.4. The van der Waals surface area contributed by atoms with Gasteiger partial charge in [0.1, 0.15) is 0 Å². The topological polar surface area (TPSA) is 32.3 Å². The van der Waals surface area contributed by atoms with E-state index in [1.54, 1.807) is 0 Å². The molecular weight excluding hydrogens is 316 g/mol. The van der Waals surface area contributed by atoms with Gasteiger partial charge in [0, 0.05) is 16.7 Å². The van der Waals surface area contributed by atoms with Crippen molar-refractivity contribution in [1.29, 1.82) is 0 Å². The normalized spacial score (nSPS) is 21.6. The summed E-state index contributed by atoms with van der Waals surface area (Å²) < 4.78 is 1.04. The number of carbonyl (C=O) groups is 1. The molecule has 1 saturated heterocycles. The number of anilines is 1. The van der Waals surface area contributed by atoms with Crippen LogP contribution in [0.4, 0.5) is 5.69 Å². The van der Waals surface area contributed by atoms with E-state index < -0.39 is 0 Å². The van der Waals surface area contributed by atoms with Gasteiger partial charge in [-0.25, -0.2) is 0 Å². The highest BCUT2D eigenvalue weighted by Gasteiger charge is 2.31. The minimum atomic E-state index is 0. The number of nitrogens with one attached hydrogen (secondary N) is 1. The maximum Gasteiger partial charge on any atom is 0.244 e. The first kappa shape index (κ1) is 13.8. The second-order valence-corrected chi connectivity index (χ2v) is 5.58. The number of fused-ring (bicyclic) bond motifs is 1.